The molecule has 1 aliphatic rings. The second-order valence-corrected chi connectivity index (χ2v) is 10.8. The molecule has 0 bridgehead atoms. The molecule has 3 rings (SSSR count). The van der Waals surface area contributed by atoms with Crippen molar-refractivity contribution in [2.24, 2.45) is 0 Å². The summed E-state index contributed by atoms with van der Waals surface area (Å²) < 4.78 is 6.29. The van der Waals surface area contributed by atoms with Gasteiger partial charge in [0.2, 0.25) is 0 Å². The highest BCUT2D eigenvalue weighted by Crippen LogP contribution is 2.35. The molecule has 1 aromatic heterocycles. The van der Waals surface area contributed by atoms with Gasteiger partial charge in [-0.05, 0) is 48.7 Å². The number of carbonyl (C=O) groups excluding carboxylic acids is 1. The molecule has 0 saturated heterocycles. The van der Waals surface area contributed by atoms with E-state index in [1.54, 1.807) is 12.3 Å². The number of fused-ring (bicyclic) bond motifs is 2. The molecule has 0 unspecified atom stereocenters. The average Bonchev–Trinajstić information content (AvgIpc) is 2.68. The van der Waals surface area contributed by atoms with Crippen LogP contribution in [0, 0.1) is 0 Å². The second-order valence-electron chi connectivity index (χ2n) is 8.10. The zero-order chi connectivity index (χ0) is 18.2. The molecule has 2 aromatic rings. The van der Waals surface area contributed by atoms with Crippen molar-refractivity contribution >= 4 is 32.9 Å². The Labute approximate surface area is 151 Å². The van der Waals surface area contributed by atoms with Gasteiger partial charge in [-0.25, -0.2) is 4.98 Å². The van der Waals surface area contributed by atoms with Crippen molar-refractivity contribution in [2.75, 3.05) is 10.6 Å². The highest BCUT2D eigenvalue weighted by molar-refractivity contribution is 6.31. The Balaban J connectivity index is 1.94. The fourth-order valence-electron chi connectivity index (χ4n) is 2.62. The van der Waals surface area contributed by atoms with Gasteiger partial charge in [0.1, 0.15) is 0 Å². The molecule has 6 heteroatoms. The summed E-state index contributed by atoms with van der Waals surface area (Å²) in [5, 5.41) is 6.40. The van der Waals surface area contributed by atoms with Crippen LogP contribution in [0.2, 0.25) is 5.04 Å². The van der Waals surface area contributed by atoms with Gasteiger partial charge < -0.3 is 15.1 Å². The van der Waals surface area contributed by atoms with Crippen molar-refractivity contribution in [3.63, 3.8) is 0 Å². The number of amides is 1. The molecule has 0 saturated carbocycles. The van der Waals surface area contributed by atoms with Crippen molar-refractivity contribution in [1.82, 2.24) is 4.98 Å². The van der Waals surface area contributed by atoms with E-state index in [0.29, 0.717) is 17.1 Å². The minimum absolute atomic E-state index is 0.136. The van der Waals surface area contributed by atoms with Gasteiger partial charge >= 0.3 is 0 Å². The first-order valence-electron chi connectivity index (χ1n) is 8.48. The maximum atomic E-state index is 12.5. The third-order valence-corrected chi connectivity index (χ3v) is 5.87. The van der Waals surface area contributed by atoms with Crippen LogP contribution in [0.15, 0.2) is 36.5 Å². The lowest BCUT2D eigenvalue weighted by Crippen LogP contribution is -2.27. The Kier molecular flexibility index (Phi) is 4.43. The predicted molar refractivity (Wildman–Crippen MR) is 104 cm³/mol. The van der Waals surface area contributed by atoms with Crippen molar-refractivity contribution < 1.29 is 9.22 Å². The van der Waals surface area contributed by atoms with Crippen LogP contribution in [0.3, 0.4) is 0 Å². The molecule has 0 atom stereocenters. The Morgan fingerprint density at radius 3 is 2.52 bits per heavy atom. The number of hydrogen-bond acceptors (Lipinski definition) is 4. The van der Waals surface area contributed by atoms with Gasteiger partial charge in [-0.2, -0.15) is 0 Å². The molecule has 5 nitrogen and oxygen atoms in total. The Morgan fingerprint density at radius 2 is 1.80 bits per heavy atom. The summed E-state index contributed by atoms with van der Waals surface area (Å²) in [6, 6.07) is 9.46. The summed E-state index contributed by atoms with van der Waals surface area (Å²) in [6.45, 7) is 10.8. The molecule has 1 aliphatic heterocycles. The van der Waals surface area contributed by atoms with Crippen molar-refractivity contribution in [3.05, 3.63) is 47.7 Å². The average molecular weight is 356 g/mol. The standard InChI is InChI=1S/C19H25N3O2Si/c1-18(2,3)25-24-19(4,5)12-8-9-13-15(11-12)21-16-14(22-17(13)23)7-6-10-20-16/h6-11H,25H2,1-5H3,(H,20,21)(H,22,23). The SMILES string of the molecule is CC(C)(C)[SiH2]OC(C)(C)c1ccc2c(c1)Nc1ncccc1NC2=O. The van der Waals surface area contributed by atoms with Gasteiger partial charge in [-0.3, -0.25) is 4.79 Å². The minimum atomic E-state index is -0.695. The van der Waals surface area contributed by atoms with Gasteiger partial charge in [0.15, 0.2) is 15.6 Å². The Morgan fingerprint density at radius 1 is 1.04 bits per heavy atom. The van der Waals surface area contributed by atoms with Crippen LogP contribution in [0.5, 0.6) is 0 Å². The largest absolute Gasteiger partial charge is 0.415 e. The van der Waals surface area contributed by atoms with E-state index in [1.807, 2.05) is 24.3 Å². The lowest BCUT2D eigenvalue weighted by molar-refractivity contribution is 0.102. The van der Waals surface area contributed by atoms with Crippen LogP contribution in [-0.2, 0) is 10.0 Å². The quantitative estimate of drug-likeness (QED) is 0.819. The van der Waals surface area contributed by atoms with E-state index in [2.05, 4.69) is 50.2 Å². The number of anilines is 3. The zero-order valence-electron chi connectivity index (χ0n) is 15.4. The van der Waals surface area contributed by atoms with E-state index < -0.39 is 15.4 Å². The Bertz CT molecular complexity index is 813. The topological polar surface area (TPSA) is 63.2 Å². The third kappa shape index (κ3) is 3.91. The number of rotatable bonds is 3. The molecule has 0 fully saturated rings. The number of aromatic nitrogens is 1. The van der Waals surface area contributed by atoms with E-state index in [-0.39, 0.29) is 10.9 Å². The summed E-state index contributed by atoms with van der Waals surface area (Å²) in [5.74, 6) is 0.512. The van der Waals surface area contributed by atoms with Gasteiger partial charge in [0.25, 0.3) is 5.91 Å². The maximum Gasteiger partial charge on any atom is 0.257 e. The van der Waals surface area contributed by atoms with E-state index >= 15 is 0 Å². The smallest absolute Gasteiger partial charge is 0.257 e. The summed E-state index contributed by atoms with van der Waals surface area (Å²) in [7, 11) is -0.695. The molecular formula is C19H25N3O2Si. The number of benzene rings is 1. The zero-order valence-corrected chi connectivity index (χ0v) is 16.8. The molecule has 1 aromatic carbocycles. The fourth-order valence-corrected chi connectivity index (χ4v) is 3.58. The molecule has 25 heavy (non-hydrogen) atoms. The summed E-state index contributed by atoms with van der Waals surface area (Å²) >= 11 is 0. The van der Waals surface area contributed by atoms with Crippen molar-refractivity contribution in [2.45, 2.75) is 45.3 Å². The number of nitrogens with one attached hydrogen (secondary N) is 2. The lowest BCUT2D eigenvalue weighted by Gasteiger charge is -2.31. The monoisotopic (exact) mass is 355 g/mol. The number of pyridine rings is 1. The van der Waals surface area contributed by atoms with Crippen LogP contribution in [-0.4, -0.2) is 20.7 Å². The summed E-state index contributed by atoms with van der Waals surface area (Å²) in [4.78, 5) is 16.8. The van der Waals surface area contributed by atoms with Gasteiger partial charge in [0.05, 0.1) is 22.5 Å². The van der Waals surface area contributed by atoms with E-state index in [9.17, 15) is 4.79 Å². The van der Waals surface area contributed by atoms with Gasteiger partial charge in [-0.1, -0.05) is 26.8 Å². The summed E-state index contributed by atoms with van der Waals surface area (Å²) in [6.07, 6.45) is 1.70. The molecule has 0 spiro atoms. The number of nitrogens with zero attached hydrogens (tertiary/aromatic N) is 1. The van der Waals surface area contributed by atoms with Crippen molar-refractivity contribution in [1.29, 1.82) is 0 Å². The van der Waals surface area contributed by atoms with Crippen LogP contribution in [0.25, 0.3) is 0 Å². The van der Waals surface area contributed by atoms with Crippen LogP contribution < -0.4 is 10.6 Å². The van der Waals surface area contributed by atoms with Crippen LogP contribution in [0.4, 0.5) is 17.2 Å². The molecule has 2 heterocycles. The maximum absolute atomic E-state index is 12.5. The number of carbonyl (C=O) groups is 1. The van der Waals surface area contributed by atoms with E-state index in [1.165, 1.54) is 0 Å². The number of hydrogen-bond donors (Lipinski definition) is 2. The van der Waals surface area contributed by atoms with E-state index in [0.717, 1.165) is 11.3 Å². The lowest BCUT2D eigenvalue weighted by atomic mass is 9.96. The highest BCUT2D eigenvalue weighted by atomic mass is 28.2. The van der Waals surface area contributed by atoms with E-state index in [4.69, 9.17) is 4.43 Å². The first kappa shape index (κ1) is 17.6. The molecular weight excluding hydrogens is 330 g/mol. The molecule has 0 aliphatic carbocycles. The third-order valence-electron chi connectivity index (χ3n) is 4.13. The van der Waals surface area contributed by atoms with Gasteiger partial charge in [-0.15, -0.1) is 0 Å². The first-order chi connectivity index (χ1) is 11.7. The van der Waals surface area contributed by atoms with Gasteiger partial charge in [0, 0.05) is 6.20 Å². The molecule has 2 N–H and O–H groups in total. The first-order valence-corrected chi connectivity index (χ1v) is 9.76. The summed E-state index contributed by atoms with van der Waals surface area (Å²) in [5.41, 5.74) is 2.68. The highest BCUT2D eigenvalue weighted by Gasteiger charge is 2.27. The van der Waals surface area contributed by atoms with Crippen LogP contribution >= 0.6 is 0 Å². The normalized spacial score (nSPS) is 14.5. The fraction of sp³-hybridized carbons (Fsp3) is 0.368. The molecule has 0 radical (unpaired) electrons. The minimum Gasteiger partial charge on any atom is -0.415 e. The molecule has 132 valence electrons. The Hall–Kier alpha value is -2.18. The molecule has 1 amide bonds. The van der Waals surface area contributed by atoms with Crippen molar-refractivity contribution in [3.8, 4) is 0 Å². The van der Waals surface area contributed by atoms with Crippen LogP contribution in [0.1, 0.15) is 50.5 Å². The predicted octanol–water partition coefficient (Wildman–Crippen LogP) is 3.94. The second kappa shape index (κ2) is 6.27.